The molecule has 5 nitrogen and oxygen atoms in total. The van der Waals surface area contributed by atoms with E-state index >= 15 is 0 Å². The highest BCUT2D eigenvalue weighted by Gasteiger charge is 2.38. The van der Waals surface area contributed by atoms with Crippen molar-refractivity contribution in [2.45, 2.75) is 24.7 Å². The maximum absolute atomic E-state index is 12.5. The van der Waals surface area contributed by atoms with Crippen molar-refractivity contribution in [2.24, 2.45) is 0 Å². The first-order chi connectivity index (χ1) is 12.3. The van der Waals surface area contributed by atoms with Gasteiger partial charge in [0.1, 0.15) is 12.7 Å². The zero-order chi connectivity index (χ0) is 17.1. The van der Waals surface area contributed by atoms with Crippen LogP contribution in [-0.4, -0.2) is 27.2 Å². The molecule has 0 aliphatic heterocycles. The number of carbonyl (C=O) groups is 1. The lowest BCUT2D eigenvalue weighted by Crippen LogP contribution is -2.45. The van der Waals surface area contributed by atoms with Crippen LogP contribution in [0.5, 0.6) is 0 Å². The van der Waals surface area contributed by atoms with Crippen molar-refractivity contribution in [3.05, 3.63) is 78.4 Å². The van der Waals surface area contributed by atoms with Crippen molar-refractivity contribution in [2.75, 3.05) is 6.54 Å². The molecule has 1 N–H and O–H groups in total. The van der Waals surface area contributed by atoms with E-state index < -0.39 is 0 Å². The van der Waals surface area contributed by atoms with Crippen molar-refractivity contribution in [3.63, 3.8) is 0 Å². The SMILES string of the molecule is O=C(NCC1(c2ccccc2)CCC1)c1ccc(-n2cncn2)cc1. The summed E-state index contributed by atoms with van der Waals surface area (Å²) in [6.07, 6.45) is 6.60. The number of aromatic nitrogens is 3. The normalized spacial score (nSPS) is 15.4. The Labute approximate surface area is 146 Å². The van der Waals surface area contributed by atoms with E-state index in [4.69, 9.17) is 0 Å². The quantitative estimate of drug-likeness (QED) is 0.781. The molecule has 1 aromatic heterocycles. The van der Waals surface area contributed by atoms with Crippen molar-refractivity contribution < 1.29 is 4.79 Å². The lowest BCUT2D eigenvalue weighted by atomic mass is 9.64. The first-order valence-corrected chi connectivity index (χ1v) is 8.56. The van der Waals surface area contributed by atoms with Gasteiger partial charge in [-0.25, -0.2) is 9.67 Å². The van der Waals surface area contributed by atoms with Crippen LogP contribution < -0.4 is 5.32 Å². The van der Waals surface area contributed by atoms with Crippen LogP contribution in [0.1, 0.15) is 35.2 Å². The van der Waals surface area contributed by atoms with Crippen molar-refractivity contribution in [3.8, 4) is 5.69 Å². The molecule has 0 atom stereocenters. The topological polar surface area (TPSA) is 59.8 Å². The molecule has 4 rings (SSSR count). The Morgan fingerprint density at radius 2 is 1.84 bits per heavy atom. The van der Waals surface area contributed by atoms with Crippen molar-refractivity contribution >= 4 is 5.91 Å². The van der Waals surface area contributed by atoms with E-state index in [0.29, 0.717) is 12.1 Å². The minimum absolute atomic E-state index is 0.0349. The fourth-order valence-corrected chi connectivity index (χ4v) is 3.42. The molecule has 1 fully saturated rings. The van der Waals surface area contributed by atoms with E-state index in [0.717, 1.165) is 18.5 Å². The molecule has 1 heterocycles. The summed E-state index contributed by atoms with van der Waals surface area (Å²) in [5.41, 5.74) is 2.96. The summed E-state index contributed by atoms with van der Waals surface area (Å²) < 4.78 is 1.67. The largest absolute Gasteiger partial charge is 0.351 e. The standard InChI is InChI=1S/C20H20N4O/c25-19(16-7-9-18(10-8-16)24-15-21-14-23-24)22-13-20(11-4-12-20)17-5-2-1-3-6-17/h1-3,5-10,14-15H,4,11-13H2,(H,22,25). The van der Waals surface area contributed by atoms with Crippen LogP contribution in [0.25, 0.3) is 5.69 Å². The molecule has 126 valence electrons. The van der Waals surface area contributed by atoms with Crippen molar-refractivity contribution in [1.82, 2.24) is 20.1 Å². The summed E-state index contributed by atoms with van der Waals surface area (Å²) in [7, 11) is 0. The third kappa shape index (κ3) is 3.05. The summed E-state index contributed by atoms with van der Waals surface area (Å²) in [4.78, 5) is 16.4. The highest BCUT2D eigenvalue weighted by molar-refractivity contribution is 5.94. The average molecular weight is 332 g/mol. The van der Waals surface area contributed by atoms with Gasteiger partial charge in [0.2, 0.25) is 0 Å². The van der Waals surface area contributed by atoms with Gasteiger partial charge in [-0.15, -0.1) is 0 Å². The number of carbonyl (C=O) groups excluding carboxylic acids is 1. The molecule has 1 aliphatic carbocycles. The molecule has 5 heteroatoms. The van der Waals surface area contributed by atoms with E-state index in [1.165, 1.54) is 18.3 Å². The van der Waals surface area contributed by atoms with Gasteiger partial charge in [0.15, 0.2) is 0 Å². The van der Waals surface area contributed by atoms with Gasteiger partial charge in [-0.2, -0.15) is 5.10 Å². The summed E-state index contributed by atoms with van der Waals surface area (Å²) in [6.45, 7) is 0.681. The molecule has 0 bridgehead atoms. The van der Waals surface area contributed by atoms with E-state index in [2.05, 4.69) is 39.7 Å². The summed E-state index contributed by atoms with van der Waals surface area (Å²) >= 11 is 0. The predicted molar refractivity (Wildman–Crippen MR) is 95.7 cm³/mol. The molecule has 1 amide bonds. The van der Waals surface area contributed by atoms with Crippen LogP contribution in [0, 0.1) is 0 Å². The van der Waals surface area contributed by atoms with Gasteiger partial charge < -0.3 is 5.32 Å². The van der Waals surface area contributed by atoms with Gasteiger partial charge in [-0.05, 0) is 42.7 Å². The Balaban J connectivity index is 1.43. The maximum atomic E-state index is 12.5. The first-order valence-electron chi connectivity index (χ1n) is 8.56. The highest BCUT2D eigenvalue weighted by Crippen LogP contribution is 2.43. The van der Waals surface area contributed by atoms with E-state index in [9.17, 15) is 4.79 Å². The molecule has 0 spiro atoms. The Morgan fingerprint density at radius 1 is 1.08 bits per heavy atom. The minimum Gasteiger partial charge on any atom is -0.351 e. The average Bonchev–Trinajstić information content (AvgIpc) is 3.16. The van der Waals surface area contributed by atoms with Crippen LogP contribution in [0.4, 0.5) is 0 Å². The smallest absolute Gasteiger partial charge is 0.251 e. The third-order valence-electron chi connectivity index (χ3n) is 5.10. The van der Waals surface area contributed by atoms with E-state index in [-0.39, 0.29) is 11.3 Å². The number of hydrogen-bond donors (Lipinski definition) is 1. The van der Waals surface area contributed by atoms with Crippen LogP contribution in [-0.2, 0) is 5.41 Å². The molecule has 1 aliphatic rings. The fourth-order valence-electron chi connectivity index (χ4n) is 3.42. The molecule has 0 radical (unpaired) electrons. The number of benzene rings is 2. The number of amides is 1. The second kappa shape index (κ2) is 6.51. The summed E-state index contributed by atoms with van der Waals surface area (Å²) in [5, 5.41) is 7.21. The first kappa shape index (κ1) is 15.6. The van der Waals surface area contributed by atoms with Gasteiger partial charge in [0, 0.05) is 17.5 Å². The molecule has 25 heavy (non-hydrogen) atoms. The van der Waals surface area contributed by atoms with Gasteiger partial charge in [0.25, 0.3) is 5.91 Å². The van der Waals surface area contributed by atoms with Gasteiger partial charge >= 0.3 is 0 Å². The number of nitrogens with zero attached hydrogens (tertiary/aromatic N) is 3. The van der Waals surface area contributed by atoms with Gasteiger partial charge in [-0.3, -0.25) is 4.79 Å². The second-order valence-corrected chi connectivity index (χ2v) is 6.57. The molecule has 2 aromatic carbocycles. The van der Waals surface area contributed by atoms with Crippen LogP contribution in [0.3, 0.4) is 0 Å². The Kier molecular flexibility index (Phi) is 4.06. The molecule has 0 unspecified atom stereocenters. The maximum Gasteiger partial charge on any atom is 0.251 e. The summed E-state index contributed by atoms with van der Waals surface area (Å²) in [5.74, 6) is -0.0349. The fraction of sp³-hybridized carbons (Fsp3) is 0.250. The zero-order valence-corrected chi connectivity index (χ0v) is 13.9. The van der Waals surface area contributed by atoms with E-state index in [1.54, 1.807) is 11.0 Å². The molecular weight excluding hydrogens is 312 g/mol. The number of hydrogen-bond acceptors (Lipinski definition) is 3. The Morgan fingerprint density at radius 3 is 2.44 bits per heavy atom. The predicted octanol–water partition coefficient (Wildman–Crippen LogP) is 3.12. The Hall–Kier alpha value is -2.95. The Bertz CT molecular complexity index is 837. The lowest BCUT2D eigenvalue weighted by molar-refractivity contribution is 0.0928. The van der Waals surface area contributed by atoms with E-state index in [1.807, 2.05) is 30.3 Å². The number of nitrogens with one attached hydrogen (secondary N) is 1. The molecule has 1 saturated carbocycles. The van der Waals surface area contributed by atoms with Gasteiger partial charge in [0.05, 0.1) is 5.69 Å². The third-order valence-corrected chi connectivity index (χ3v) is 5.10. The minimum atomic E-state index is -0.0349. The second-order valence-electron chi connectivity index (χ2n) is 6.57. The van der Waals surface area contributed by atoms with Crippen LogP contribution >= 0.6 is 0 Å². The van der Waals surface area contributed by atoms with Crippen molar-refractivity contribution in [1.29, 1.82) is 0 Å². The number of rotatable bonds is 5. The highest BCUT2D eigenvalue weighted by atomic mass is 16.1. The lowest BCUT2D eigenvalue weighted by Gasteiger charge is -2.42. The van der Waals surface area contributed by atoms with Gasteiger partial charge in [-0.1, -0.05) is 36.8 Å². The summed E-state index contributed by atoms with van der Waals surface area (Å²) in [6, 6.07) is 17.9. The molecule has 0 saturated heterocycles. The molecular formula is C20H20N4O. The van der Waals surface area contributed by atoms with Crippen LogP contribution in [0.2, 0.25) is 0 Å². The monoisotopic (exact) mass is 332 g/mol. The molecule has 3 aromatic rings. The zero-order valence-electron chi connectivity index (χ0n) is 13.9. The van der Waals surface area contributed by atoms with Crippen LogP contribution in [0.15, 0.2) is 67.3 Å².